The van der Waals surface area contributed by atoms with Gasteiger partial charge in [-0.2, -0.15) is 11.8 Å². The molecule has 1 aromatic heterocycles. The van der Waals surface area contributed by atoms with Crippen LogP contribution in [0.3, 0.4) is 0 Å². The van der Waals surface area contributed by atoms with Crippen LogP contribution in [0.15, 0.2) is 6.07 Å². The van der Waals surface area contributed by atoms with Gasteiger partial charge in [-0.05, 0) is 0 Å². The summed E-state index contributed by atoms with van der Waals surface area (Å²) in [4.78, 5) is 9.52. The van der Waals surface area contributed by atoms with Gasteiger partial charge in [0.25, 0.3) is 0 Å². The first-order valence-electron chi connectivity index (χ1n) is 6.72. The molecule has 2 heterocycles. The minimum Gasteiger partial charge on any atom is -0.373 e. The molecule has 5 heteroatoms. The molecule has 19 heavy (non-hydrogen) atoms. The number of nitrogens with one attached hydrogen (secondary N) is 1. The summed E-state index contributed by atoms with van der Waals surface area (Å²) in [5.41, 5.74) is 1.17. The van der Waals surface area contributed by atoms with E-state index in [1.54, 1.807) is 0 Å². The van der Waals surface area contributed by atoms with Crippen LogP contribution in [0.1, 0.15) is 44.5 Å². The monoisotopic (exact) mass is 297 g/mol. The maximum absolute atomic E-state index is 4.84. The van der Waals surface area contributed by atoms with E-state index in [0.29, 0.717) is 10.5 Å². The highest BCUT2D eigenvalue weighted by atomic mass is 32.2. The Morgan fingerprint density at radius 2 is 1.89 bits per heavy atom. The van der Waals surface area contributed by atoms with Gasteiger partial charge in [-0.1, -0.05) is 27.7 Å². The lowest BCUT2D eigenvalue weighted by Crippen LogP contribution is -2.22. The second kappa shape index (κ2) is 5.92. The predicted octanol–water partition coefficient (Wildman–Crippen LogP) is 3.73. The molecule has 1 N–H and O–H groups in total. The average Bonchev–Trinajstić information content (AvgIpc) is 2.37. The van der Waals surface area contributed by atoms with Gasteiger partial charge in [0.15, 0.2) is 0 Å². The zero-order valence-corrected chi connectivity index (χ0v) is 14.0. The number of hydrogen-bond donors (Lipinski definition) is 1. The zero-order chi connectivity index (χ0) is 14.0. The van der Waals surface area contributed by atoms with Crippen LogP contribution in [0.5, 0.6) is 0 Å². The highest BCUT2D eigenvalue weighted by molar-refractivity contribution is 8.06. The Labute approximate surface area is 124 Å². The number of hydrogen-bond acceptors (Lipinski definition) is 5. The SMILES string of the molecule is CNc1cc(C(C)(C)C)nc(C2SCCSC2C)n1. The third-order valence-electron chi connectivity index (χ3n) is 3.21. The minimum absolute atomic E-state index is 0.0546. The van der Waals surface area contributed by atoms with E-state index in [4.69, 9.17) is 4.98 Å². The maximum Gasteiger partial charge on any atom is 0.145 e. The third kappa shape index (κ3) is 3.57. The number of nitrogens with zero attached hydrogens (tertiary/aromatic N) is 2. The Bertz CT molecular complexity index is 443. The van der Waals surface area contributed by atoms with Gasteiger partial charge >= 0.3 is 0 Å². The summed E-state index contributed by atoms with van der Waals surface area (Å²) in [6.07, 6.45) is 0. The molecule has 0 spiro atoms. The Hall–Kier alpha value is -0.420. The van der Waals surface area contributed by atoms with Gasteiger partial charge in [-0.15, -0.1) is 11.8 Å². The fraction of sp³-hybridized carbons (Fsp3) is 0.714. The van der Waals surface area contributed by atoms with Crippen LogP contribution < -0.4 is 5.32 Å². The first-order chi connectivity index (χ1) is 8.91. The van der Waals surface area contributed by atoms with Crippen LogP contribution in [-0.4, -0.2) is 33.8 Å². The molecule has 0 amide bonds. The van der Waals surface area contributed by atoms with Crippen molar-refractivity contribution in [1.82, 2.24) is 9.97 Å². The van der Waals surface area contributed by atoms with Crippen LogP contribution in [0.2, 0.25) is 0 Å². The molecule has 1 aromatic rings. The highest BCUT2D eigenvalue weighted by Crippen LogP contribution is 2.41. The van der Waals surface area contributed by atoms with Gasteiger partial charge in [0.1, 0.15) is 11.6 Å². The topological polar surface area (TPSA) is 37.8 Å². The lowest BCUT2D eigenvalue weighted by atomic mass is 9.92. The van der Waals surface area contributed by atoms with E-state index in [-0.39, 0.29) is 5.41 Å². The smallest absolute Gasteiger partial charge is 0.145 e. The Kier molecular flexibility index (Phi) is 4.66. The van der Waals surface area contributed by atoms with E-state index in [9.17, 15) is 0 Å². The molecule has 3 nitrogen and oxygen atoms in total. The van der Waals surface area contributed by atoms with Crippen LogP contribution in [-0.2, 0) is 5.41 Å². The lowest BCUT2D eigenvalue weighted by Gasteiger charge is -2.28. The molecule has 0 aliphatic carbocycles. The highest BCUT2D eigenvalue weighted by Gasteiger charge is 2.28. The second-order valence-corrected chi connectivity index (χ2v) is 8.60. The third-order valence-corrected chi connectivity index (χ3v) is 6.30. The Morgan fingerprint density at radius 1 is 1.21 bits per heavy atom. The molecule has 1 fully saturated rings. The van der Waals surface area contributed by atoms with Crippen molar-refractivity contribution in [2.75, 3.05) is 23.9 Å². The molecule has 106 valence electrons. The van der Waals surface area contributed by atoms with E-state index < -0.39 is 0 Å². The number of anilines is 1. The van der Waals surface area contributed by atoms with Crippen molar-refractivity contribution in [1.29, 1.82) is 0 Å². The summed E-state index contributed by atoms with van der Waals surface area (Å²) in [5, 5.41) is 4.16. The molecule has 2 atom stereocenters. The van der Waals surface area contributed by atoms with Crippen LogP contribution in [0.4, 0.5) is 5.82 Å². The van der Waals surface area contributed by atoms with Gasteiger partial charge in [0, 0.05) is 35.3 Å². The van der Waals surface area contributed by atoms with Crippen molar-refractivity contribution in [3.63, 3.8) is 0 Å². The number of thioether (sulfide) groups is 2. The van der Waals surface area contributed by atoms with Gasteiger partial charge in [-0.3, -0.25) is 0 Å². The predicted molar refractivity (Wildman–Crippen MR) is 87.4 cm³/mol. The van der Waals surface area contributed by atoms with E-state index in [1.165, 1.54) is 11.5 Å². The van der Waals surface area contributed by atoms with Crippen LogP contribution >= 0.6 is 23.5 Å². The molecule has 1 aliphatic rings. The Balaban J connectivity index is 2.39. The van der Waals surface area contributed by atoms with Gasteiger partial charge in [0.05, 0.1) is 10.9 Å². The molecule has 1 aliphatic heterocycles. The van der Waals surface area contributed by atoms with E-state index in [1.807, 2.05) is 30.6 Å². The zero-order valence-electron chi connectivity index (χ0n) is 12.4. The second-order valence-electron chi connectivity index (χ2n) is 5.86. The van der Waals surface area contributed by atoms with Crippen molar-refractivity contribution >= 4 is 29.3 Å². The van der Waals surface area contributed by atoms with Crippen LogP contribution in [0, 0.1) is 0 Å². The van der Waals surface area contributed by atoms with E-state index in [2.05, 4.69) is 44.1 Å². The number of aromatic nitrogens is 2. The minimum atomic E-state index is 0.0546. The van der Waals surface area contributed by atoms with Crippen molar-refractivity contribution in [3.8, 4) is 0 Å². The van der Waals surface area contributed by atoms with Crippen molar-refractivity contribution in [2.45, 2.75) is 43.6 Å². The van der Waals surface area contributed by atoms with Crippen LogP contribution in [0.25, 0.3) is 0 Å². The molecule has 0 saturated carbocycles. The van der Waals surface area contributed by atoms with Crippen molar-refractivity contribution in [3.05, 3.63) is 17.6 Å². The Morgan fingerprint density at radius 3 is 2.47 bits per heavy atom. The molecular weight excluding hydrogens is 274 g/mol. The quantitative estimate of drug-likeness (QED) is 0.900. The number of rotatable bonds is 2. The standard InChI is InChI=1S/C14H23N3S2/c1-9-12(19-7-6-18-9)13-16-10(14(2,3)4)8-11(15-5)17-13/h8-9,12H,6-7H2,1-5H3,(H,15,16,17). The summed E-state index contributed by atoms with van der Waals surface area (Å²) >= 11 is 4.02. The molecule has 0 bridgehead atoms. The maximum atomic E-state index is 4.84. The van der Waals surface area contributed by atoms with E-state index in [0.717, 1.165) is 17.3 Å². The molecule has 0 radical (unpaired) electrons. The molecular formula is C14H23N3S2. The summed E-state index contributed by atoms with van der Waals surface area (Å²) in [6, 6.07) is 2.06. The fourth-order valence-corrected chi connectivity index (χ4v) is 4.71. The average molecular weight is 297 g/mol. The van der Waals surface area contributed by atoms with Crippen molar-refractivity contribution < 1.29 is 0 Å². The van der Waals surface area contributed by atoms with Gasteiger partial charge in [0.2, 0.25) is 0 Å². The molecule has 2 rings (SSSR count). The molecule has 0 aromatic carbocycles. The lowest BCUT2D eigenvalue weighted by molar-refractivity contribution is 0.561. The van der Waals surface area contributed by atoms with Gasteiger partial charge < -0.3 is 5.32 Å². The first kappa shape index (κ1) is 15.0. The van der Waals surface area contributed by atoms with Crippen molar-refractivity contribution in [2.24, 2.45) is 0 Å². The van der Waals surface area contributed by atoms with E-state index >= 15 is 0 Å². The molecule has 2 unspecified atom stereocenters. The largest absolute Gasteiger partial charge is 0.373 e. The normalized spacial score (nSPS) is 24.3. The first-order valence-corrected chi connectivity index (χ1v) is 8.82. The molecule has 1 saturated heterocycles. The summed E-state index contributed by atoms with van der Waals surface area (Å²) in [5.74, 6) is 4.34. The fourth-order valence-electron chi connectivity index (χ4n) is 2.02. The summed E-state index contributed by atoms with van der Waals surface area (Å²) in [6.45, 7) is 8.88. The van der Waals surface area contributed by atoms with Gasteiger partial charge in [-0.25, -0.2) is 9.97 Å². The summed E-state index contributed by atoms with van der Waals surface area (Å²) in [7, 11) is 1.92. The summed E-state index contributed by atoms with van der Waals surface area (Å²) < 4.78 is 0.